The second-order valence-corrected chi connectivity index (χ2v) is 6.91. The number of carbonyl (C=O) groups excluding carboxylic acids is 1. The van der Waals surface area contributed by atoms with Crippen LogP contribution in [-0.4, -0.2) is 16.9 Å². The van der Waals surface area contributed by atoms with E-state index < -0.39 is 0 Å². The molecule has 1 saturated carbocycles. The normalized spacial score (nSPS) is 29.7. The van der Waals surface area contributed by atoms with Crippen molar-refractivity contribution in [1.29, 1.82) is 0 Å². The van der Waals surface area contributed by atoms with Crippen molar-refractivity contribution in [2.45, 2.75) is 52.6 Å². The monoisotopic (exact) mass is 289 g/mol. The van der Waals surface area contributed by atoms with E-state index in [1.54, 1.807) is 12.4 Å². The van der Waals surface area contributed by atoms with Crippen LogP contribution >= 0.6 is 0 Å². The number of hydrogen-bond donors (Lipinski definition) is 2. The van der Waals surface area contributed by atoms with Crippen LogP contribution in [0, 0.1) is 17.3 Å². The molecular formula is C17H27N3O. The van der Waals surface area contributed by atoms with Gasteiger partial charge in [-0.1, -0.05) is 20.8 Å². The average Bonchev–Trinajstić information content (AvgIpc) is 2.45. The molecule has 3 unspecified atom stereocenters. The number of nitrogens with two attached hydrogens (primary N) is 1. The average molecular weight is 289 g/mol. The molecule has 4 heteroatoms. The van der Waals surface area contributed by atoms with E-state index in [0.29, 0.717) is 5.92 Å². The second-order valence-electron chi connectivity index (χ2n) is 6.91. The zero-order valence-corrected chi connectivity index (χ0v) is 13.5. The van der Waals surface area contributed by atoms with E-state index in [1.807, 2.05) is 19.1 Å². The third-order valence-corrected chi connectivity index (χ3v) is 5.38. The lowest BCUT2D eigenvalue weighted by atomic mass is 9.61. The Bertz CT molecular complexity index is 486. The number of amides is 1. The summed E-state index contributed by atoms with van der Waals surface area (Å²) < 4.78 is 0. The zero-order chi connectivity index (χ0) is 15.6. The van der Waals surface area contributed by atoms with Gasteiger partial charge in [-0.15, -0.1) is 0 Å². The van der Waals surface area contributed by atoms with Crippen molar-refractivity contribution < 1.29 is 4.79 Å². The summed E-state index contributed by atoms with van der Waals surface area (Å²) in [5.74, 6) is 0.512. The minimum atomic E-state index is -0.0697. The number of aromatic nitrogens is 1. The Labute approximate surface area is 127 Å². The first-order chi connectivity index (χ1) is 9.84. The number of nitrogens with one attached hydrogen (secondary N) is 1. The molecule has 0 spiro atoms. The van der Waals surface area contributed by atoms with Gasteiger partial charge in [-0.25, -0.2) is 0 Å². The lowest BCUT2D eigenvalue weighted by Gasteiger charge is -2.46. The largest absolute Gasteiger partial charge is 0.349 e. The molecule has 0 bridgehead atoms. The molecule has 1 fully saturated rings. The molecule has 1 aromatic heterocycles. The molecule has 3 N–H and O–H groups in total. The van der Waals surface area contributed by atoms with E-state index in [1.165, 1.54) is 0 Å². The van der Waals surface area contributed by atoms with Crippen molar-refractivity contribution in [1.82, 2.24) is 10.3 Å². The zero-order valence-electron chi connectivity index (χ0n) is 13.5. The highest BCUT2D eigenvalue weighted by atomic mass is 16.2. The molecule has 1 heterocycles. The fourth-order valence-corrected chi connectivity index (χ4v) is 3.37. The summed E-state index contributed by atoms with van der Waals surface area (Å²) >= 11 is 0. The van der Waals surface area contributed by atoms with Gasteiger partial charge in [-0.05, 0) is 48.8 Å². The lowest BCUT2D eigenvalue weighted by molar-refractivity contribution is -0.133. The van der Waals surface area contributed by atoms with Gasteiger partial charge in [0.2, 0.25) is 5.91 Å². The summed E-state index contributed by atoms with van der Waals surface area (Å²) in [6.07, 6.45) is 5.30. The maximum Gasteiger partial charge on any atom is 0.224 e. The Morgan fingerprint density at radius 3 is 2.62 bits per heavy atom. The Morgan fingerprint density at radius 2 is 2.00 bits per heavy atom. The van der Waals surface area contributed by atoms with E-state index >= 15 is 0 Å². The van der Waals surface area contributed by atoms with Crippen LogP contribution in [0.2, 0.25) is 0 Å². The lowest BCUT2D eigenvalue weighted by Crippen LogP contribution is -2.51. The molecule has 0 aromatic carbocycles. The third kappa shape index (κ3) is 3.26. The van der Waals surface area contributed by atoms with Crippen molar-refractivity contribution >= 4 is 5.91 Å². The van der Waals surface area contributed by atoms with Crippen molar-refractivity contribution in [2.24, 2.45) is 23.0 Å². The Balaban J connectivity index is 2.06. The summed E-state index contributed by atoms with van der Waals surface area (Å²) in [6.45, 7) is 8.50. The molecule has 0 radical (unpaired) electrons. The molecule has 0 saturated heterocycles. The fraction of sp³-hybridized carbons (Fsp3) is 0.647. The standard InChI is InChI=1S/C17H27N3O/c1-11-15(18)6-5-14(17(11,3)4)16(21)20-12(2)13-7-9-19-10-8-13/h7-12,14-15H,5-6,18H2,1-4H3,(H,20,21)/t11?,12-,14?,15?/m1/s1. The van der Waals surface area contributed by atoms with E-state index in [0.717, 1.165) is 18.4 Å². The summed E-state index contributed by atoms with van der Waals surface area (Å²) in [6, 6.07) is 4.08. The Kier molecular flexibility index (Phi) is 4.67. The van der Waals surface area contributed by atoms with Gasteiger partial charge < -0.3 is 11.1 Å². The molecule has 116 valence electrons. The predicted octanol–water partition coefficient (Wildman–Crippen LogP) is 2.66. The topological polar surface area (TPSA) is 68.0 Å². The van der Waals surface area contributed by atoms with Crippen LogP contribution in [0.15, 0.2) is 24.5 Å². The number of pyridine rings is 1. The predicted molar refractivity (Wildman–Crippen MR) is 84.4 cm³/mol. The van der Waals surface area contributed by atoms with Gasteiger partial charge in [-0.3, -0.25) is 9.78 Å². The van der Waals surface area contributed by atoms with E-state index in [4.69, 9.17) is 5.73 Å². The molecule has 1 amide bonds. The number of hydrogen-bond acceptors (Lipinski definition) is 3. The minimum Gasteiger partial charge on any atom is -0.349 e. The molecule has 4 nitrogen and oxygen atoms in total. The Hall–Kier alpha value is -1.42. The SMILES string of the molecule is CC1C(N)CCC(C(=O)N[C@H](C)c2ccncc2)C1(C)C. The van der Waals surface area contributed by atoms with Crippen LogP contribution in [0.3, 0.4) is 0 Å². The quantitative estimate of drug-likeness (QED) is 0.899. The molecule has 1 aliphatic carbocycles. The first-order valence-corrected chi connectivity index (χ1v) is 7.80. The van der Waals surface area contributed by atoms with Crippen molar-refractivity contribution in [3.05, 3.63) is 30.1 Å². The Morgan fingerprint density at radius 1 is 1.38 bits per heavy atom. The van der Waals surface area contributed by atoms with Crippen molar-refractivity contribution in [3.8, 4) is 0 Å². The van der Waals surface area contributed by atoms with Crippen molar-refractivity contribution in [2.75, 3.05) is 0 Å². The molecule has 21 heavy (non-hydrogen) atoms. The number of nitrogens with zero attached hydrogens (tertiary/aromatic N) is 1. The maximum atomic E-state index is 12.7. The van der Waals surface area contributed by atoms with Crippen LogP contribution in [0.5, 0.6) is 0 Å². The smallest absolute Gasteiger partial charge is 0.224 e. The molecule has 2 rings (SSSR count). The second kappa shape index (κ2) is 6.14. The maximum absolute atomic E-state index is 12.7. The van der Waals surface area contributed by atoms with E-state index in [2.05, 4.69) is 31.1 Å². The molecule has 1 aliphatic rings. The van der Waals surface area contributed by atoms with E-state index in [-0.39, 0.29) is 29.3 Å². The fourth-order valence-electron chi connectivity index (χ4n) is 3.37. The summed E-state index contributed by atoms with van der Waals surface area (Å²) in [5.41, 5.74) is 7.18. The summed E-state index contributed by atoms with van der Waals surface area (Å²) in [5, 5.41) is 3.15. The number of carbonyl (C=O) groups is 1. The van der Waals surface area contributed by atoms with Gasteiger partial charge in [0.25, 0.3) is 0 Å². The van der Waals surface area contributed by atoms with Crippen LogP contribution in [0.25, 0.3) is 0 Å². The van der Waals surface area contributed by atoms with Crippen molar-refractivity contribution in [3.63, 3.8) is 0 Å². The molecule has 1 aromatic rings. The summed E-state index contributed by atoms with van der Waals surface area (Å²) in [4.78, 5) is 16.7. The molecule has 0 aliphatic heterocycles. The number of rotatable bonds is 3. The first kappa shape index (κ1) is 16.0. The van der Waals surface area contributed by atoms with Gasteiger partial charge in [0.1, 0.15) is 0 Å². The van der Waals surface area contributed by atoms with Gasteiger partial charge >= 0.3 is 0 Å². The third-order valence-electron chi connectivity index (χ3n) is 5.38. The van der Waals surface area contributed by atoms with Crippen LogP contribution < -0.4 is 11.1 Å². The highest BCUT2D eigenvalue weighted by Crippen LogP contribution is 2.44. The van der Waals surface area contributed by atoms with E-state index in [9.17, 15) is 4.79 Å². The molecule has 4 atom stereocenters. The summed E-state index contributed by atoms with van der Waals surface area (Å²) in [7, 11) is 0. The van der Waals surface area contributed by atoms with Gasteiger partial charge in [0.15, 0.2) is 0 Å². The molecular weight excluding hydrogens is 262 g/mol. The van der Waals surface area contributed by atoms with Gasteiger partial charge in [-0.2, -0.15) is 0 Å². The first-order valence-electron chi connectivity index (χ1n) is 7.80. The highest BCUT2D eigenvalue weighted by Gasteiger charge is 2.45. The van der Waals surface area contributed by atoms with Crippen LogP contribution in [0.4, 0.5) is 0 Å². The van der Waals surface area contributed by atoms with Crippen LogP contribution in [-0.2, 0) is 4.79 Å². The minimum absolute atomic E-state index is 0.00204. The highest BCUT2D eigenvalue weighted by molar-refractivity contribution is 5.80. The van der Waals surface area contributed by atoms with Gasteiger partial charge in [0.05, 0.1) is 6.04 Å². The van der Waals surface area contributed by atoms with Gasteiger partial charge in [0, 0.05) is 24.4 Å². The van der Waals surface area contributed by atoms with Crippen LogP contribution in [0.1, 0.15) is 52.1 Å².